The molecule has 3 aromatic rings. The fourth-order valence-corrected chi connectivity index (χ4v) is 3.76. The number of benzene rings is 2. The van der Waals surface area contributed by atoms with Gasteiger partial charge in [0.15, 0.2) is 0 Å². The lowest BCUT2D eigenvalue weighted by atomic mass is 10.1. The van der Waals surface area contributed by atoms with E-state index in [1.165, 1.54) is 0 Å². The zero-order valence-corrected chi connectivity index (χ0v) is 19.4. The third-order valence-electron chi connectivity index (χ3n) is 5.55. The molecule has 0 saturated carbocycles. The molecule has 0 aliphatic carbocycles. The van der Waals surface area contributed by atoms with Crippen LogP contribution in [0.5, 0.6) is 5.75 Å². The third kappa shape index (κ3) is 5.77. The number of aliphatic hydroxyl groups excluding tert-OH is 1. The second kappa shape index (κ2) is 10.9. The lowest BCUT2D eigenvalue weighted by molar-refractivity contribution is 0.102. The molecule has 0 atom stereocenters. The van der Waals surface area contributed by atoms with Crippen molar-refractivity contribution in [3.8, 4) is 5.75 Å². The van der Waals surface area contributed by atoms with E-state index in [0.717, 1.165) is 31.9 Å². The van der Waals surface area contributed by atoms with Gasteiger partial charge in [-0.05, 0) is 37.3 Å². The quantitative estimate of drug-likeness (QED) is 0.463. The van der Waals surface area contributed by atoms with Crippen LogP contribution in [0.4, 0.5) is 23.3 Å². The average Bonchev–Trinajstić information content (AvgIpc) is 2.85. The van der Waals surface area contributed by atoms with Crippen molar-refractivity contribution in [3.63, 3.8) is 0 Å². The number of anilines is 4. The van der Waals surface area contributed by atoms with E-state index in [2.05, 4.69) is 35.4 Å². The van der Waals surface area contributed by atoms with Crippen LogP contribution < -0.4 is 20.3 Å². The summed E-state index contributed by atoms with van der Waals surface area (Å²) in [5.74, 6) is 1.88. The molecule has 4 rings (SSSR count). The number of carbonyl (C=O) groups is 1. The Labute approximate surface area is 198 Å². The second-order valence-electron chi connectivity index (χ2n) is 7.92. The number of para-hydroxylation sites is 1. The van der Waals surface area contributed by atoms with E-state index >= 15 is 0 Å². The number of β-amino-alcohol motifs (C(OH)–C–C–N with tert-alkyl or cyclic N) is 1. The highest BCUT2D eigenvalue weighted by Gasteiger charge is 2.20. The molecular weight excluding hydrogens is 434 g/mol. The Hall–Kier alpha value is -3.76. The van der Waals surface area contributed by atoms with E-state index in [9.17, 15) is 4.79 Å². The van der Waals surface area contributed by atoms with Crippen molar-refractivity contribution in [2.24, 2.45) is 0 Å². The molecular formula is C24H29N7O3. The summed E-state index contributed by atoms with van der Waals surface area (Å²) in [4.78, 5) is 30.5. The molecule has 0 radical (unpaired) electrons. The van der Waals surface area contributed by atoms with Crippen molar-refractivity contribution >= 4 is 29.2 Å². The number of methoxy groups -OCH3 is 1. The number of piperazine rings is 1. The molecule has 178 valence electrons. The van der Waals surface area contributed by atoms with Gasteiger partial charge in [0.2, 0.25) is 11.9 Å². The van der Waals surface area contributed by atoms with E-state index in [1.807, 2.05) is 37.3 Å². The second-order valence-corrected chi connectivity index (χ2v) is 7.92. The van der Waals surface area contributed by atoms with Gasteiger partial charge in [-0.3, -0.25) is 9.69 Å². The Morgan fingerprint density at radius 3 is 2.53 bits per heavy atom. The highest BCUT2D eigenvalue weighted by Crippen LogP contribution is 2.28. The van der Waals surface area contributed by atoms with Gasteiger partial charge < -0.3 is 25.4 Å². The first kappa shape index (κ1) is 23.4. The van der Waals surface area contributed by atoms with Gasteiger partial charge in [-0.15, -0.1) is 0 Å². The third-order valence-corrected chi connectivity index (χ3v) is 5.55. The number of aryl methyl sites for hydroxylation is 1. The summed E-state index contributed by atoms with van der Waals surface area (Å²) in [6.07, 6.45) is 0. The summed E-state index contributed by atoms with van der Waals surface area (Å²) in [6.45, 7) is 5.90. The maximum atomic E-state index is 12.6. The highest BCUT2D eigenvalue weighted by atomic mass is 16.5. The molecule has 1 saturated heterocycles. The van der Waals surface area contributed by atoms with Crippen LogP contribution in [0.2, 0.25) is 0 Å². The van der Waals surface area contributed by atoms with Gasteiger partial charge in [0, 0.05) is 44.0 Å². The molecule has 2 heterocycles. The van der Waals surface area contributed by atoms with Gasteiger partial charge in [-0.25, -0.2) is 0 Å². The zero-order chi connectivity index (χ0) is 23.9. The standard InChI is InChI=1S/C24H29N7O3/c1-17-25-23(29-24(26-17)31-12-10-30(11-13-31)14-15-32)28-20-9-8-18(16-21(20)34-2)22(33)27-19-6-4-3-5-7-19/h3-9,16,32H,10-15H2,1-2H3,(H,27,33)(H,25,26,28,29). The van der Waals surface area contributed by atoms with Crippen LogP contribution in [0.1, 0.15) is 16.2 Å². The number of aliphatic hydroxyl groups is 1. The Morgan fingerprint density at radius 1 is 1.06 bits per heavy atom. The SMILES string of the molecule is COc1cc(C(=O)Nc2ccccc2)ccc1Nc1nc(C)nc(N2CCN(CCO)CC2)n1. The van der Waals surface area contributed by atoms with E-state index in [1.54, 1.807) is 25.3 Å². The van der Waals surface area contributed by atoms with Crippen molar-refractivity contribution in [3.05, 3.63) is 59.9 Å². The molecule has 1 fully saturated rings. The molecule has 0 spiro atoms. The Balaban J connectivity index is 1.48. The minimum atomic E-state index is -0.227. The van der Waals surface area contributed by atoms with Gasteiger partial charge in [-0.2, -0.15) is 15.0 Å². The lowest BCUT2D eigenvalue weighted by Crippen LogP contribution is -2.47. The van der Waals surface area contributed by atoms with E-state index < -0.39 is 0 Å². The summed E-state index contributed by atoms with van der Waals surface area (Å²) in [5.41, 5.74) is 1.83. The lowest BCUT2D eigenvalue weighted by Gasteiger charge is -2.34. The number of hydrogen-bond donors (Lipinski definition) is 3. The van der Waals surface area contributed by atoms with E-state index in [-0.39, 0.29) is 12.5 Å². The first-order valence-corrected chi connectivity index (χ1v) is 11.2. The maximum Gasteiger partial charge on any atom is 0.255 e. The fourth-order valence-electron chi connectivity index (χ4n) is 3.76. The zero-order valence-electron chi connectivity index (χ0n) is 19.4. The van der Waals surface area contributed by atoms with Gasteiger partial charge in [0.1, 0.15) is 11.6 Å². The van der Waals surface area contributed by atoms with Gasteiger partial charge >= 0.3 is 0 Å². The van der Waals surface area contributed by atoms with Gasteiger partial charge in [0.05, 0.1) is 19.4 Å². The minimum Gasteiger partial charge on any atom is -0.495 e. The van der Waals surface area contributed by atoms with Gasteiger partial charge in [-0.1, -0.05) is 18.2 Å². The topological polar surface area (TPSA) is 116 Å². The summed E-state index contributed by atoms with van der Waals surface area (Å²) >= 11 is 0. The molecule has 10 nitrogen and oxygen atoms in total. The predicted octanol–water partition coefficient (Wildman–Crippen LogP) is 2.30. The van der Waals surface area contributed by atoms with Crippen LogP contribution in [0.15, 0.2) is 48.5 Å². The molecule has 1 amide bonds. The molecule has 3 N–H and O–H groups in total. The first-order valence-electron chi connectivity index (χ1n) is 11.2. The van der Waals surface area contributed by atoms with Crippen LogP contribution in [0.3, 0.4) is 0 Å². The van der Waals surface area contributed by atoms with E-state index in [4.69, 9.17) is 9.84 Å². The van der Waals surface area contributed by atoms with Crippen molar-refractivity contribution in [1.29, 1.82) is 0 Å². The Bertz CT molecular complexity index is 1120. The van der Waals surface area contributed by atoms with Gasteiger partial charge in [0.25, 0.3) is 5.91 Å². The number of amides is 1. The largest absolute Gasteiger partial charge is 0.495 e. The van der Waals surface area contributed by atoms with Crippen LogP contribution >= 0.6 is 0 Å². The number of carbonyl (C=O) groups excluding carboxylic acids is 1. The van der Waals surface area contributed by atoms with Crippen LogP contribution in [-0.4, -0.2) is 77.3 Å². The van der Waals surface area contributed by atoms with Crippen LogP contribution in [0.25, 0.3) is 0 Å². The number of nitrogens with one attached hydrogen (secondary N) is 2. The van der Waals surface area contributed by atoms with Crippen molar-refractivity contribution in [2.75, 3.05) is 62.0 Å². The highest BCUT2D eigenvalue weighted by molar-refractivity contribution is 6.04. The number of nitrogens with zero attached hydrogens (tertiary/aromatic N) is 5. The molecule has 2 aromatic carbocycles. The van der Waals surface area contributed by atoms with Crippen molar-refractivity contribution in [1.82, 2.24) is 19.9 Å². The Kier molecular flexibility index (Phi) is 7.51. The van der Waals surface area contributed by atoms with Crippen molar-refractivity contribution in [2.45, 2.75) is 6.92 Å². The minimum absolute atomic E-state index is 0.160. The summed E-state index contributed by atoms with van der Waals surface area (Å²) in [7, 11) is 1.55. The average molecular weight is 464 g/mol. The maximum absolute atomic E-state index is 12.6. The molecule has 0 unspecified atom stereocenters. The van der Waals surface area contributed by atoms with Crippen LogP contribution in [-0.2, 0) is 0 Å². The summed E-state index contributed by atoms with van der Waals surface area (Å²) in [5, 5.41) is 15.2. The molecule has 1 aliphatic rings. The summed E-state index contributed by atoms with van der Waals surface area (Å²) < 4.78 is 5.52. The number of aromatic nitrogens is 3. The van der Waals surface area contributed by atoms with Crippen molar-refractivity contribution < 1.29 is 14.6 Å². The fraction of sp³-hybridized carbons (Fsp3) is 0.333. The predicted molar refractivity (Wildman–Crippen MR) is 131 cm³/mol. The molecule has 0 bridgehead atoms. The molecule has 1 aliphatic heterocycles. The van der Waals surface area contributed by atoms with E-state index in [0.29, 0.717) is 41.3 Å². The molecule has 10 heteroatoms. The summed E-state index contributed by atoms with van der Waals surface area (Å²) in [6, 6.07) is 14.5. The monoisotopic (exact) mass is 463 g/mol. The molecule has 34 heavy (non-hydrogen) atoms. The number of rotatable bonds is 8. The number of hydrogen-bond acceptors (Lipinski definition) is 9. The smallest absolute Gasteiger partial charge is 0.255 e. The first-order chi connectivity index (χ1) is 16.6. The van der Waals surface area contributed by atoms with Crippen LogP contribution in [0, 0.1) is 6.92 Å². The Morgan fingerprint density at radius 2 is 1.82 bits per heavy atom. The molecule has 1 aromatic heterocycles. The number of ether oxygens (including phenoxy) is 1. The normalized spacial score (nSPS) is 14.0.